The summed E-state index contributed by atoms with van der Waals surface area (Å²) in [5, 5.41) is 11.5. The van der Waals surface area contributed by atoms with E-state index in [0.717, 1.165) is 12.1 Å². The zero-order chi connectivity index (χ0) is 20.1. The highest BCUT2D eigenvalue weighted by Gasteiger charge is 2.50. The monoisotopic (exact) mass is 407 g/mol. The summed E-state index contributed by atoms with van der Waals surface area (Å²) < 4.78 is 39.7. The largest absolute Gasteiger partial charge is 0.550 e. The number of carboxylic acid groups (broad SMARTS) is 1. The molecule has 150 valence electrons. The number of nitrogens with zero attached hydrogens (tertiary/aromatic N) is 2. The SMILES string of the molecule is O=C([O-])[C@@H]1[C@@H](C(=O)N2CCN(S(=O)(=O)c3ccc(F)cc3)CC2)[C@@H]2C=C[C@@H]1C2. The number of fused-ring (bicyclic) bond motifs is 2. The quantitative estimate of drug-likeness (QED) is 0.647. The van der Waals surface area contributed by atoms with Gasteiger partial charge in [-0.2, -0.15) is 4.31 Å². The first-order chi connectivity index (χ1) is 13.3. The number of benzene rings is 1. The minimum absolute atomic E-state index is 0.00364. The summed E-state index contributed by atoms with van der Waals surface area (Å²) in [5.74, 6) is -3.68. The van der Waals surface area contributed by atoms with Gasteiger partial charge in [-0.15, -0.1) is 0 Å². The highest BCUT2D eigenvalue weighted by molar-refractivity contribution is 7.89. The summed E-state index contributed by atoms with van der Waals surface area (Å²) in [6.45, 7) is 0.601. The minimum Gasteiger partial charge on any atom is -0.550 e. The molecule has 1 aliphatic heterocycles. The molecule has 1 aromatic carbocycles. The van der Waals surface area contributed by atoms with E-state index in [1.807, 2.05) is 12.2 Å². The zero-order valence-electron chi connectivity index (χ0n) is 15.0. The maximum atomic E-state index is 13.1. The average Bonchev–Trinajstić information content (AvgIpc) is 3.29. The molecule has 2 fully saturated rings. The second kappa shape index (κ2) is 6.97. The van der Waals surface area contributed by atoms with E-state index in [0.29, 0.717) is 6.42 Å². The Hall–Kier alpha value is -2.26. The Morgan fingerprint density at radius 3 is 2.11 bits per heavy atom. The molecule has 0 spiro atoms. The number of piperazine rings is 1. The van der Waals surface area contributed by atoms with Crippen molar-refractivity contribution < 1.29 is 27.5 Å². The molecule has 3 aliphatic rings. The molecular weight excluding hydrogens is 387 g/mol. The first kappa shape index (κ1) is 19.1. The molecule has 0 unspecified atom stereocenters. The molecule has 1 heterocycles. The van der Waals surface area contributed by atoms with Gasteiger partial charge in [-0.25, -0.2) is 12.8 Å². The van der Waals surface area contributed by atoms with Gasteiger partial charge < -0.3 is 14.8 Å². The lowest BCUT2D eigenvalue weighted by molar-refractivity contribution is -0.313. The number of halogens is 1. The van der Waals surface area contributed by atoms with Gasteiger partial charge in [0.1, 0.15) is 5.82 Å². The normalized spacial score (nSPS) is 30.0. The van der Waals surface area contributed by atoms with Crippen LogP contribution < -0.4 is 5.11 Å². The van der Waals surface area contributed by atoms with E-state index in [9.17, 15) is 27.5 Å². The molecule has 1 saturated heterocycles. The second-order valence-corrected chi connectivity index (χ2v) is 9.44. The van der Waals surface area contributed by atoms with Crippen molar-refractivity contribution in [1.82, 2.24) is 9.21 Å². The molecule has 28 heavy (non-hydrogen) atoms. The number of aliphatic carboxylic acids is 1. The van der Waals surface area contributed by atoms with E-state index in [4.69, 9.17) is 0 Å². The van der Waals surface area contributed by atoms with Crippen molar-refractivity contribution in [3.63, 3.8) is 0 Å². The Balaban J connectivity index is 1.44. The van der Waals surface area contributed by atoms with Crippen molar-refractivity contribution in [3.8, 4) is 0 Å². The highest BCUT2D eigenvalue weighted by atomic mass is 32.2. The molecule has 2 aliphatic carbocycles. The molecule has 0 N–H and O–H groups in total. The lowest BCUT2D eigenvalue weighted by Gasteiger charge is -2.38. The van der Waals surface area contributed by atoms with Crippen LogP contribution in [0.5, 0.6) is 0 Å². The fourth-order valence-corrected chi connectivity index (χ4v) is 6.02. The fourth-order valence-electron chi connectivity index (χ4n) is 4.60. The Morgan fingerprint density at radius 2 is 1.54 bits per heavy atom. The number of sulfonamides is 1. The van der Waals surface area contributed by atoms with Crippen molar-refractivity contribution >= 4 is 21.9 Å². The summed E-state index contributed by atoms with van der Waals surface area (Å²) in [7, 11) is -3.77. The number of hydrogen-bond donors (Lipinski definition) is 0. The van der Waals surface area contributed by atoms with Gasteiger partial charge in [0.15, 0.2) is 0 Å². The molecule has 4 rings (SSSR count). The van der Waals surface area contributed by atoms with E-state index < -0.39 is 33.6 Å². The zero-order valence-corrected chi connectivity index (χ0v) is 15.8. The van der Waals surface area contributed by atoms with Crippen LogP contribution in [0.15, 0.2) is 41.3 Å². The van der Waals surface area contributed by atoms with Crippen molar-refractivity contribution in [2.24, 2.45) is 23.7 Å². The second-order valence-electron chi connectivity index (χ2n) is 7.50. The van der Waals surface area contributed by atoms with Gasteiger partial charge in [-0.05, 0) is 42.5 Å². The van der Waals surface area contributed by atoms with Crippen LogP contribution in [-0.2, 0) is 19.6 Å². The topological polar surface area (TPSA) is 97.8 Å². The standard InChI is InChI=1S/C19H21FN2O5S/c20-14-3-5-15(6-4-14)28(26,27)22-9-7-21(8-10-22)18(23)16-12-1-2-13(11-12)17(16)19(24)25/h1-6,12-13,16-17H,7-11H2,(H,24,25)/p-1/t12-,13-,16+,17+/m1/s1. The Labute approximate surface area is 162 Å². The number of amides is 1. The van der Waals surface area contributed by atoms with Gasteiger partial charge in [0.2, 0.25) is 15.9 Å². The number of hydrogen-bond acceptors (Lipinski definition) is 5. The van der Waals surface area contributed by atoms with E-state index in [1.54, 1.807) is 4.90 Å². The number of rotatable bonds is 4. The van der Waals surface area contributed by atoms with Gasteiger partial charge in [0, 0.05) is 38.1 Å². The smallest absolute Gasteiger partial charge is 0.243 e. The third kappa shape index (κ3) is 3.12. The summed E-state index contributed by atoms with van der Waals surface area (Å²) in [6.07, 6.45) is 4.40. The number of carbonyl (C=O) groups is 2. The molecule has 4 atom stereocenters. The van der Waals surface area contributed by atoms with Crippen LogP contribution >= 0.6 is 0 Å². The van der Waals surface area contributed by atoms with Crippen LogP contribution in [0.3, 0.4) is 0 Å². The maximum absolute atomic E-state index is 13.1. The summed E-state index contributed by atoms with van der Waals surface area (Å²) in [5.41, 5.74) is 0. The number of carboxylic acids is 1. The Kier molecular flexibility index (Phi) is 4.75. The van der Waals surface area contributed by atoms with Gasteiger partial charge in [-0.1, -0.05) is 12.2 Å². The van der Waals surface area contributed by atoms with Crippen LogP contribution in [0, 0.1) is 29.5 Å². The van der Waals surface area contributed by atoms with Gasteiger partial charge in [-0.3, -0.25) is 4.79 Å². The molecule has 1 aromatic rings. The van der Waals surface area contributed by atoms with Gasteiger partial charge in [0.25, 0.3) is 0 Å². The molecular formula is C19H20FN2O5S-. The molecule has 9 heteroatoms. The third-order valence-electron chi connectivity index (χ3n) is 6.02. The summed E-state index contributed by atoms with van der Waals surface area (Å²) >= 11 is 0. The van der Waals surface area contributed by atoms with E-state index in [-0.39, 0.29) is 48.8 Å². The van der Waals surface area contributed by atoms with Crippen LogP contribution in [0.4, 0.5) is 4.39 Å². The minimum atomic E-state index is -3.77. The first-order valence-electron chi connectivity index (χ1n) is 9.23. The number of carbonyl (C=O) groups excluding carboxylic acids is 2. The predicted octanol–water partition coefficient (Wildman–Crippen LogP) is -0.153. The van der Waals surface area contributed by atoms with Crippen LogP contribution in [0.25, 0.3) is 0 Å². The molecule has 1 amide bonds. The average molecular weight is 407 g/mol. The lowest BCUT2D eigenvalue weighted by Crippen LogP contribution is -2.54. The Bertz CT molecular complexity index is 922. The van der Waals surface area contributed by atoms with Crippen molar-refractivity contribution in [1.29, 1.82) is 0 Å². The predicted molar refractivity (Wildman–Crippen MR) is 94.5 cm³/mol. The first-order valence-corrected chi connectivity index (χ1v) is 10.7. The summed E-state index contributed by atoms with van der Waals surface area (Å²) in [4.78, 5) is 26.0. The van der Waals surface area contributed by atoms with Crippen molar-refractivity contribution in [2.45, 2.75) is 11.3 Å². The number of allylic oxidation sites excluding steroid dienone is 2. The van der Waals surface area contributed by atoms with Gasteiger partial charge >= 0.3 is 0 Å². The van der Waals surface area contributed by atoms with E-state index in [2.05, 4.69) is 0 Å². The molecule has 1 saturated carbocycles. The van der Waals surface area contributed by atoms with Crippen molar-refractivity contribution in [3.05, 3.63) is 42.2 Å². The lowest BCUT2D eigenvalue weighted by atomic mass is 9.82. The van der Waals surface area contributed by atoms with E-state index in [1.165, 1.54) is 16.4 Å². The Morgan fingerprint density at radius 1 is 0.964 bits per heavy atom. The summed E-state index contributed by atoms with van der Waals surface area (Å²) in [6, 6.07) is 4.62. The highest BCUT2D eigenvalue weighted by Crippen LogP contribution is 2.48. The van der Waals surface area contributed by atoms with Crippen LogP contribution in [0.1, 0.15) is 6.42 Å². The van der Waals surface area contributed by atoms with Crippen molar-refractivity contribution in [2.75, 3.05) is 26.2 Å². The molecule has 0 radical (unpaired) electrons. The molecule has 2 bridgehead atoms. The van der Waals surface area contributed by atoms with Gasteiger partial charge in [0.05, 0.1) is 10.8 Å². The fraction of sp³-hybridized carbons (Fsp3) is 0.474. The third-order valence-corrected chi connectivity index (χ3v) is 7.93. The van der Waals surface area contributed by atoms with Crippen LogP contribution in [0.2, 0.25) is 0 Å². The van der Waals surface area contributed by atoms with E-state index >= 15 is 0 Å². The van der Waals surface area contributed by atoms with Crippen LogP contribution in [-0.4, -0.2) is 55.7 Å². The maximum Gasteiger partial charge on any atom is 0.243 e. The molecule has 7 nitrogen and oxygen atoms in total. The molecule has 0 aromatic heterocycles.